The second-order valence-electron chi connectivity index (χ2n) is 5.73. The maximum absolute atomic E-state index is 12.8. The zero-order valence-electron chi connectivity index (χ0n) is 12.0. The topological polar surface area (TPSA) is 57.3 Å². The van der Waals surface area contributed by atoms with Gasteiger partial charge in [0.1, 0.15) is 11.6 Å². The molecular formula is C15H21FN4O. The standard InChI is InChI=1S/C15H21FN4O/c16-11-3-4-14(18-10-11)19-15(21)13-2-1-9-20(13)12-5-7-17-8-6-12/h3-4,10,12-13,17H,1-2,5-9H2,(H,18,19,21). The van der Waals surface area contributed by atoms with E-state index in [4.69, 9.17) is 0 Å². The molecule has 0 aromatic carbocycles. The van der Waals surface area contributed by atoms with Gasteiger partial charge in [0, 0.05) is 6.04 Å². The van der Waals surface area contributed by atoms with Gasteiger partial charge in [-0.05, 0) is 57.5 Å². The monoisotopic (exact) mass is 292 g/mol. The molecule has 3 heterocycles. The average Bonchev–Trinajstić information content (AvgIpc) is 3.00. The van der Waals surface area contributed by atoms with E-state index in [1.807, 2.05) is 0 Å². The van der Waals surface area contributed by atoms with Gasteiger partial charge in [-0.2, -0.15) is 0 Å². The first-order valence-electron chi connectivity index (χ1n) is 7.63. The van der Waals surface area contributed by atoms with E-state index in [1.165, 1.54) is 12.1 Å². The second kappa shape index (κ2) is 6.49. The highest BCUT2D eigenvalue weighted by Gasteiger charge is 2.35. The summed E-state index contributed by atoms with van der Waals surface area (Å²) in [6.07, 6.45) is 5.25. The van der Waals surface area contributed by atoms with E-state index in [0.29, 0.717) is 11.9 Å². The third kappa shape index (κ3) is 3.39. The zero-order valence-corrected chi connectivity index (χ0v) is 12.0. The molecule has 6 heteroatoms. The van der Waals surface area contributed by atoms with E-state index in [0.717, 1.165) is 51.5 Å². The van der Waals surface area contributed by atoms with Crippen LogP contribution in [0.3, 0.4) is 0 Å². The predicted octanol–water partition coefficient (Wildman–Crippen LogP) is 1.38. The molecule has 2 fully saturated rings. The van der Waals surface area contributed by atoms with Gasteiger partial charge in [-0.3, -0.25) is 9.69 Å². The molecule has 5 nitrogen and oxygen atoms in total. The third-order valence-electron chi connectivity index (χ3n) is 4.35. The van der Waals surface area contributed by atoms with Crippen LogP contribution in [0.2, 0.25) is 0 Å². The van der Waals surface area contributed by atoms with Crippen molar-refractivity contribution < 1.29 is 9.18 Å². The first kappa shape index (κ1) is 14.4. The SMILES string of the molecule is O=C(Nc1ccc(F)cn1)C1CCCN1C1CCNCC1. The fourth-order valence-electron chi connectivity index (χ4n) is 3.31. The molecule has 0 bridgehead atoms. The van der Waals surface area contributed by atoms with Gasteiger partial charge in [-0.15, -0.1) is 0 Å². The summed E-state index contributed by atoms with van der Waals surface area (Å²) in [6, 6.07) is 3.21. The Kier molecular flexibility index (Phi) is 4.45. The van der Waals surface area contributed by atoms with Gasteiger partial charge in [-0.25, -0.2) is 9.37 Å². The molecule has 1 aromatic rings. The lowest BCUT2D eigenvalue weighted by Crippen LogP contribution is -2.49. The molecule has 0 aliphatic carbocycles. The molecule has 0 radical (unpaired) electrons. The highest BCUT2D eigenvalue weighted by atomic mass is 19.1. The minimum Gasteiger partial charge on any atom is -0.317 e. The van der Waals surface area contributed by atoms with Crippen molar-refractivity contribution in [1.29, 1.82) is 0 Å². The zero-order chi connectivity index (χ0) is 14.7. The first-order chi connectivity index (χ1) is 10.2. The molecule has 21 heavy (non-hydrogen) atoms. The Bertz CT molecular complexity index is 487. The normalized spacial score (nSPS) is 24.1. The van der Waals surface area contributed by atoms with Crippen LogP contribution in [-0.2, 0) is 4.79 Å². The number of hydrogen-bond acceptors (Lipinski definition) is 4. The lowest BCUT2D eigenvalue weighted by atomic mass is 10.0. The van der Waals surface area contributed by atoms with Gasteiger partial charge < -0.3 is 10.6 Å². The number of piperidine rings is 1. The summed E-state index contributed by atoms with van der Waals surface area (Å²) in [5, 5.41) is 6.16. The summed E-state index contributed by atoms with van der Waals surface area (Å²) in [6.45, 7) is 3.03. The van der Waals surface area contributed by atoms with Crippen molar-refractivity contribution in [2.45, 2.75) is 37.8 Å². The number of anilines is 1. The Balaban J connectivity index is 1.63. The number of hydrogen-bond donors (Lipinski definition) is 2. The van der Waals surface area contributed by atoms with E-state index in [-0.39, 0.29) is 11.9 Å². The molecule has 0 spiro atoms. The average molecular weight is 292 g/mol. The Morgan fingerprint density at radius 3 is 2.86 bits per heavy atom. The fraction of sp³-hybridized carbons (Fsp3) is 0.600. The van der Waals surface area contributed by atoms with Crippen molar-refractivity contribution in [3.8, 4) is 0 Å². The lowest BCUT2D eigenvalue weighted by molar-refractivity contribution is -0.121. The maximum Gasteiger partial charge on any atom is 0.242 e. The van der Waals surface area contributed by atoms with E-state index in [2.05, 4.69) is 20.5 Å². The molecule has 1 amide bonds. The number of halogens is 1. The molecule has 3 rings (SSSR count). The van der Waals surface area contributed by atoms with Crippen LogP contribution in [0.5, 0.6) is 0 Å². The van der Waals surface area contributed by atoms with Crippen LogP contribution >= 0.6 is 0 Å². The Morgan fingerprint density at radius 2 is 2.14 bits per heavy atom. The number of amides is 1. The molecule has 1 atom stereocenters. The fourth-order valence-corrected chi connectivity index (χ4v) is 3.31. The molecule has 2 aliphatic heterocycles. The van der Waals surface area contributed by atoms with Crippen molar-refractivity contribution in [2.24, 2.45) is 0 Å². The molecule has 1 aromatic heterocycles. The molecule has 1 unspecified atom stereocenters. The summed E-state index contributed by atoms with van der Waals surface area (Å²) in [5.74, 6) is -0.00565. The van der Waals surface area contributed by atoms with Crippen molar-refractivity contribution in [3.05, 3.63) is 24.1 Å². The number of aromatic nitrogens is 1. The minimum absolute atomic E-state index is 0.0230. The number of nitrogens with zero attached hydrogens (tertiary/aromatic N) is 2. The van der Waals surface area contributed by atoms with Gasteiger partial charge in [0.15, 0.2) is 0 Å². The first-order valence-corrected chi connectivity index (χ1v) is 7.63. The maximum atomic E-state index is 12.8. The van der Waals surface area contributed by atoms with E-state index >= 15 is 0 Å². The molecule has 2 N–H and O–H groups in total. The van der Waals surface area contributed by atoms with E-state index in [1.54, 1.807) is 0 Å². The number of rotatable bonds is 3. The lowest BCUT2D eigenvalue weighted by Gasteiger charge is -2.35. The second-order valence-corrected chi connectivity index (χ2v) is 5.73. The van der Waals surface area contributed by atoms with Crippen LogP contribution in [0.4, 0.5) is 10.2 Å². The van der Waals surface area contributed by atoms with Crippen LogP contribution < -0.4 is 10.6 Å². The number of carbonyl (C=O) groups is 1. The van der Waals surface area contributed by atoms with Crippen molar-refractivity contribution in [3.63, 3.8) is 0 Å². The summed E-state index contributed by atoms with van der Waals surface area (Å²) < 4.78 is 12.8. The highest BCUT2D eigenvalue weighted by molar-refractivity contribution is 5.94. The van der Waals surface area contributed by atoms with Crippen LogP contribution in [0.25, 0.3) is 0 Å². The van der Waals surface area contributed by atoms with E-state index < -0.39 is 5.82 Å². The van der Waals surface area contributed by atoms with Crippen LogP contribution in [0.15, 0.2) is 18.3 Å². The van der Waals surface area contributed by atoms with Gasteiger partial charge in [-0.1, -0.05) is 0 Å². The number of carbonyl (C=O) groups excluding carboxylic acids is 1. The molecule has 2 aliphatic rings. The Labute approximate surface area is 123 Å². The largest absolute Gasteiger partial charge is 0.317 e. The molecular weight excluding hydrogens is 271 g/mol. The van der Waals surface area contributed by atoms with Gasteiger partial charge in [0.25, 0.3) is 0 Å². The summed E-state index contributed by atoms with van der Waals surface area (Å²) in [7, 11) is 0. The highest BCUT2D eigenvalue weighted by Crippen LogP contribution is 2.25. The summed E-state index contributed by atoms with van der Waals surface area (Å²) in [4.78, 5) is 18.7. The van der Waals surface area contributed by atoms with Crippen molar-refractivity contribution >= 4 is 11.7 Å². The van der Waals surface area contributed by atoms with Crippen LogP contribution in [0.1, 0.15) is 25.7 Å². The summed E-state index contributed by atoms with van der Waals surface area (Å²) in [5.41, 5.74) is 0. The van der Waals surface area contributed by atoms with Crippen molar-refractivity contribution in [2.75, 3.05) is 25.0 Å². The smallest absolute Gasteiger partial charge is 0.242 e. The minimum atomic E-state index is -0.398. The number of nitrogens with one attached hydrogen (secondary N) is 2. The Morgan fingerprint density at radius 1 is 1.33 bits per heavy atom. The number of likely N-dealkylation sites (tertiary alicyclic amines) is 1. The van der Waals surface area contributed by atoms with Crippen LogP contribution in [-0.4, -0.2) is 47.5 Å². The third-order valence-corrected chi connectivity index (χ3v) is 4.35. The van der Waals surface area contributed by atoms with E-state index in [9.17, 15) is 9.18 Å². The predicted molar refractivity (Wildman–Crippen MR) is 78.4 cm³/mol. The molecule has 114 valence electrons. The van der Waals surface area contributed by atoms with Crippen LogP contribution in [0, 0.1) is 5.82 Å². The van der Waals surface area contributed by atoms with Gasteiger partial charge in [0.2, 0.25) is 5.91 Å². The number of pyridine rings is 1. The van der Waals surface area contributed by atoms with Gasteiger partial charge >= 0.3 is 0 Å². The van der Waals surface area contributed by atoms with Crippen molar-refractivity contribution in [1.82, 2.24) is 15.2 Å². The quantitative estimate of drug-likeness (QED) is 0.883. The molecule has 0 saturated carbocycles. The molecule has 2 saturated heterocycles. The Hall–Kier alpha value is -1.53. The summed E-state index contributed by atoms with van der Waals surface area (Å²) >= 11 is 0. The van der Waals surface area contributed by atoms with Gasteiger partial charge in [0.05, 0.1) is 12.2 Å².